The average Bonchev–Trinajstić information content (AvgIpc) is 2.14. The van der Waals surface area contributed by atoms with Gasteiger partial charge in [0.25, 0.3) is 0 Å². The van der Waals surface area contributed by atoms with Gasteiger partial charge in [-0.15, -0.1) is 0 Å². The zero-order valence-electron chi connectivity index (χ0n) is 8.21. The molecule has 0 atom stereocenters. The average molecular weight is 230 g/mol. The van der Waals surface area contributed by atoms with Gasteiger partial charge in [0.05, 0.1) is 6.10 Å². The van der Waals surface area contributed by atoms with E-state index in [9.17, 15) is 4.39 Å². The van der Waals surface area contributed by atoms with Gasteiger partial charge in [-0.25, -0.2) is 4.39 Å². The number of hydrogen-bond acceptors (Lipinski definition) is 2. The van der Waals surface area contributed by atoms with Crippen molar-refractivity contribution < 1.29 is 9.50 Å². The number of rotatable bonds is 3. The molecule has 0 radical (unpaired) electrons. The molecule has 0 aromatic heterocycles. The maximum atomic E-state index is 13.3. The van der Waals surface area contributed by atoms with Gasteiger partial charge in [-0.3, -0.25) is 0 Å². The van der Waals surface area contributed by atoms with Crippen molar-refractivity contribution in [1.29, 1.82) is 0 Å². The second-order valence-corrected chi connectivity index (χ2v) is 4.31. The van der Waals surface area contributed by atoms with E-state index in [1.807, 2.05) is 0 Å². The molecule has 0 amide bonds. The van der Waals surface area contributed by atoms with Gasteiger partial charge < -0.3 is 10.4 Å². The summed E-state index contributed by atoms with van der Waals surface area (Å²) in [5.74, 6) is -0.283. The van der Waals surface area contributed by atoms with E-state index >= 15 is 0 Å². The molecule has 2 rings (SSSR count). The zero-order valence-corrected chi connectivity index (χ0v) is 8.97. The number of nitrogens with one attached hydrogen (secondary N) is 1. The molecule has 0 aliphatic heterocycles. The van der Waals surface area contributed by atoms with Crippen LogP contribution in [0.4, 0.5) is 4.39 Å². The van der Waals surface area contributed by atoms with E-state index in [-0.39, 0.29) is 18.0 Å². The molecule has 0 spiro atoms. The van der Waals surface area contributed by atoms with Crippen LogP contribution in [0.25, 0.3) is 0 Å². The molecule has 2 N–H and O–H groups in total. The van der Waals surface area contributed by atoms with Gasteiger partial charge in [0, 0.05) is 23.2 Å². The molecule has 1 aliphatic carbocycles. The highest BCUT2D eigenvalue weighted by molar-refractivity contribution is 6.31. The van der Waals surface area contributed by atoms with E-state index in [4.69, 9.17) is 16.7 Å². The van der Waals surface area contributed by atoms with Crippen molar-refractivity contribution in [3.8, 4) is 0 Å². The second-order valence-electron chi connectivity index (χ2n) is 3.90. The highest BCUT2D eigenvalue weighted by Crippen LogP contribution is 2.22. The number of hydrogen-bond donors (Lipinski definition) is 2. The van der Waals surface area contributed by atoms with Crippen LogP contribution in [0.1, 0.15) is 18.4 Å². The number of aliphatic hydroxyl groups excluding tert-OH is 1. The molecule has 0 bridgehead atoms. The SMILES string of the molecule is OC1CC(NCc2c(F)cccc2Cl)C1. The highest BCUT2D eigenvalue weighted by atomic mass is 35.5. The van der Waals surface area contributed by atoms with Crippen LogP contribution < -0.4 is 5.32 Å². The van der Waals surface area contributed by atoms with Gasteiger partial charge in [-0.1, -0.05) is 17.7 Å². The summed E-state index contributed by atoms with van der Waals surface area (Å²) >= 11 is 5.87. The highest BCUT2D eigenvalue weighted by Gasteiger charge is 2.26. The fourth-order valence-electron chi connectivity index (χ4n) is 1.70. The van der Waals surface area contributed by atoms with Crippen molar-refractivity contribution in [3.05, 3.63) is 34.6 Å². The van der Waals surface area contributed by atoms with Crippen molar-refractivity contribution >= 4 is 11.6 Å². The van der Waals surface area contributed by atoms with Crippen LogP contribution in [0.5, 0.6) is 0 Å². The summed E-state index contributed by atoms with van der Waals surface area (Å²) in [6.07, 6.45) is 1.29. The monoisotopic (exact) mass is 229 g/mol. The Morgan fingerprint density at radius 2 is 2.20 bits per heavy atom. The number of halogens is 2. The van der Waals surface area contributed by atoms with Crippen molar-refractivity contribution in [2.24, 2.45) is 0 Å². The molecule has 1 aliphatic rings. The Morgan fingerprint density at radius 1 is 1.47 bits per heavy atom. The van der Waals surface area contributed by atoms with Crippen LogP contribution in [0, 0.1) is 5.82 Å². The smallest absolute Gasteiger partial charge is 0.129 e. The van der Waals surface area contributed by atoms with Crippen LogP contribution in [0.15, 0.2) is 18.2 Å². The van der Waals surface area contributed by atoms with E-state index in [0.29, 0.717) is 17.1 Å². The van der Waals surface area contributed by atoms with E-state index in [1.165, 1.54) is 6.07 Å². The van der Waals surface area contributed by atoms with Crippen molar-refractivity contribution in [2.45, 2.75) is 31.5 Å². The largest absolute Gasteiger partial charge is 0.393 e. The molecule has 0 heterocycles. The molecule has 1 fully saturated rings. The minimum atomic E-state index is -0.283. The molecule has 4 heteroatoms. The predicted octanol–water partition coefficient (Wildman–Crippen LogP) is 2.09. The lowest BCUT2D eigenvalue weighted by molar-refractivity contribution is 0.0618. The van der Waals surface area contributed by atoms with E-state index in [0.717, 1.165) is 12.8 Å². The maximum Gasteiger partial charge on any atom is 0.129 e. The third-order valence-corrected chi connectivity index (χ3v) is 3.10. The van der Waals surface area contributed by atoms with E-state index in [2.05, 4.69) is 5.32 Å². The summed E-state index contributed by atoms with van der Waals surface area (Å²) < 4.78 is 13.3. The summed E-state index contributed by atoms with van der Waals surface area (Å²) in [5.41, 5.74) is 0.501. The lowest BCUT2D eigenvalue weighted by atomic mass is 9.89. The van der Waals surface area contributed by atoms with Gasteiger partial charge in [-0.2, -0.15) is 0 Å². The predicted molar refractivity (Wildman–Crippen MR) is 57.3 cm³/mol. The molecule has 82 valence electrons. The lowest BCUT2D eigenvalue weighted by Crippen LogP contribution is -2.43. The van der Waals surface area contributed by atoms with E-state index in [1.54, 1.807) is 12.1 Å². The standard InChI is InChI=1S/C11H13ClFNO/c12-10-2-1-3-11(13)9(10)6-14-7-4-8(15)5-7/h1-3,7-8,14-15H,4-6H2. The van der Waals surface area contributed by atoms with Crippen molar-refractivity contribution in [3.63, 3.8) is 0 Å². The van der Waals surface area contributed by atoms with Gasteiger partial charge >= 0.3 is 0 Å². The first-order valence-corrected chi connectivity index (χ1v) is 5.39. The Morgan fingerprint density at radius 3 is 2.80 bits per heavy atom. The third-order valence-electron chi connectivity index (χ3n) is 2.74. The molecule has 1 aromatic carbocycles. The number of aliphatic hydroxyl groups is 1. The first kappa shape index (κ1) is 10.9. The normalized spacial score (nSPS) is 25.0. The Bertz CT molecular complexity index is 332. The molecule has 0 saturated heterocycles. The summed E-state index contributed by atoms with van der Waals surface area (Å²) in [6.45, 7) is 0.420. The van der Waals surface area contributed by atoms with Crippen LogP contribution >= 0.6 is 11.6 Å². The van der Waals surface area contributed by atoms with Crippen LogP contribution in [0.3, 0.4) is 0 Å². The maximum absolute atomic E-state index is 13.3. The van der Waals surface area contributed by atoms with Gasteiger partial charge in [0.15, 0.2) is 0 Å². The number of benzene rings is 1. The minimum Gasteiger partial charge on any atom is -0.393 e. The van der Waals surface area contributed by atoms with Crippen LogP contribution in [-0.2, 0) is 6.54 Å². The summed E-state index contributed by atoms with van der Waals surface area (Å²) in [6, 6.07) is 4.96. The van der Waals surface area contributed by atoms with Crippen molar-refractivity contribution in [2.75, 3.05) is 0 Å². The van der Waals surface area contributed by atoms with Gasteiger partial charge in [0.1, 0.15) is 5.82 Å². The van der Waals surface area contributed by atoms with Crippen molar-refractivity contribution in [1.82, 2.24) is 5.32 Å². The summed E-state index contributed by atoms with van der Waals surface area (Å²) in [7, 11) is 0. The lowest BCUT2D eigenvalue weighted by Gasteiger charge is -2.32. The third kappa shape index (κ3) is 2.48. The Labute approximate surface area is 93.1 Å². The van der Waals surface area contributed by atoms with Crippen LogP contribution in [0.2, 0.25) is 5.02 Å². The zero-order chi connectivity index (χ0) is 10.8. The molecule has 2 nitrogen and oxygen atoms in total. The quantitative estimate of drug-likeness (QED) is 0.832. The Balaban J connectivity index is 1.93. The second kappa shape index (κ2) is 4.47. The van der Waals surface area contributed by atoms with Gasteiger partial charge in [0.2, 0.25) is 0 Å². The summed E-state index contributed by atoms with van der Waals surface area (Å²) in [4.78, 5) is 0. The Hall–Kier alpha value is -0.640. The first-order chi connectivity index (χ1) is 7.16. The molecule has 15 heavy (non-hydrogen) atoms. The minimum absolute atomic E-state index is 0.196. The summed E-state index contributed by atoms with van der Waals surface area (Å²) in [5, 5.41) is 12.7. The molecular formula is C11H13ClFNO. The fourth-order valence-corrected chi connectivity index (χ4v) is 1.93. The first-order valence-electron chi connectivity index (χ1n) is 5.01. The molecule has 1 aromatic rings. The molecular weight excluding hydrogens is 217 g/mol. The van der Waals surface area contributed by atoms with Gasteiger partial charge in [-0.05, 0) is 25.0 Å². The molecule has 0 unspecified atom stereocenters. The fraction of sp³-hybridized carbons (Fsp3) is 0.455. The topological polar surface area (TPSA) is 32.3 Å². The van der Waals surface area contributed by atoms with E-state index < -0.39 is 0 Å². The van der Waals surface area contributed by atoms with Crippen LogP contribution in [-0.4, -0.2) is 17.3 Å². The molecule has 1 saturated carbocycles. The Kier molecular flexibility index (Phi) is 3.24.